The van der Waals surface area contributed by atoms with Crippen molar-refractivity contribution in [1.82, 2.24) is 29.5 Å². The van der Waals surface area contributed by atoms with Crippen LogP contribution in [0.25, 0.3) is 28.1 Å². The molecule has 6 rings (SSSR count). The number of benzene rings is 2. The highest BCUT2D eigenvalue weighted by Crippen LogP contribution is 2.25. The first-order valence-electron chi connectivity index (χ1n) is 11.1. The molecule has 162 valence electrons. The van der Waals surface area contributed by atoms with E-state index in [1.54, 1.807) is 16.9 Å². The molecule has 5 aromatic rings. The van der Waals surface area contributed by atoms with Gasteiger partial charge in [0, 0.05) is 49.2 Å². The summed E-state index contributed by atoms with van der Waals surface area (Å²) in [6, 6.07) is 18.4. The molecule has 0 bridgehead atoms. The smallest absolute Gasteiger partial charge is 0.154 e. The molecule has 0 saturated carbocycles. The zero-order valence-electron chi connectivity index (χ0n) is 18.4. The molecule has 3 aromatic heterocycles. The lowest BCUT2D eigenvalue weighted by Gasteiger charge is -2.34. The average molecular weight is 434 g/mol. The van der Waals surface area contributed by atoms with E-state index in [4.69, 9.17) is 4.98 Å². The number of rotatable bonds is 2. The van der Waals surface area contributed by atoms with Gasteiger partial charge in [0.2, 0.25) is 0 Å². The van der Waals surface area contributed by atoms with Gasteiger partial charge in [-0.05, 0) is 55.4 Å². The maximum Gasteiger partial charge on any atom is 0.154 e. The van der Waals surface area contributed by atoms with E-state index in [0.29, 0.717) is 0 Å². The van der Waals surface area contributed by atoms with Gasteiger partial charge in [0.1, 0.15) is 11.5 Å². The third-order valence-corrected chi connectivity index (χ3v) is 6.08. The third-order valence-electron chi connectivity index (χ3n) is 6.08. The van der Waals surface area contributed by atoms with E-state index in [1.807, 2.05) is 24.3 Å². The molecule has 7 nitrogen and oxygen atoms in total. The normalized spacial score (nSPS) is 14.5. The van der Waals surface area contributed by atoms with Gasteiger partial charge in [0.15, 0.2) is 5.65 Å². The molecular formula is C26H23N7. The Kier molecular flexibility index (Phi) is 4.78. The van der Waals surface area contributed by atoms with Gasteiger partial charge in [-0.15, -0.1) is 0 Å². The SMILES string of the molecule is CN1CCN(c2ccc3nc(-c4cccc(C#Cc5cnc6cccnn56)c4)[nH]c3c2)CC1. The number of fused-ring (bicyclic) bond motifs is 2. The predicted octanol–water partition coefficient (Wildman–Crippen LogP) is 3.42. The summed E-state index contributed by atoms with van der Waals surface area (Å²) in [5, 5.41) is 4.32. The van der Waals surface area contributed by atoms with Crippen molar-refractivity contribution < 1.29 is 0 Å². The summed E-state index contributed by atoms with van der Waals surface area (Å²) in [6.07, 6.45) is 3.48. The summed E-state index contributed by atoms with van der Waals surface area (Å²) in [5.74, 6) is 7.27. The molecule has 4 heterocycles. The van der Waals surface area contributed by atoms with E-state index in [2.05, 4.69) is 74.1 Å². The van der Waals surface area contributed by atoms with Crippen molar-refractivity contribution in [1.29, 1.82) is 0 Å². The van der Waals surface area contributed by atoms with Crippen LogP contribution in [0, 0.1) is 11.8 Å². The van der Waals surface area contributed by atoms with Crippen LogP contribution in [-0.4, -0.2) is 62.7 Å². The monoisotopic (exact) mass is 433 g/mol. The van der Waals surface area contributed by atoms with E-state index in [9.17, 15) is 0 Å². The summed E-state index contributed by atoms with van der Waals surface area (Å²) >= 11 is 0. The first kappa shape index (κ1) is 19.5. The number of H-pyrrole nitrogens is 1. The van der Waals surface area contributed by atoms with Crippen molar-refractivity contribution in [3.8, 4) is 23.2 Å². The highest BCUT2D eigenvalue weighted by atomic mass is 15.3. The van der Waals surface area contributed by atoms with Crippen LogP contribution in [-0.2, 0) is 0 Å². The first-order valence-corrected chi connectivity index (χ1v) is 11.1. The first-order chi connectivity index (χ1) is 16.2. The molecular weight excluding hydrogens is 410 g/mol. The standard InChI is InChI=1S/C26H23N7/c1-31-12-14-32(15-13-31)21-9-10-23-24(17-21)30-26(29-23)20-5-2-4-19(16-20)7-8-22-18-27-25-6-3-11-28-33(22)25/h2-6,9-11,16-18H,12-15H2,1H3,(H,29,30). The summed E-state index contributed by atoms with van der Waals surface area (Å²) in [4.78, 5) is 17.5. The van der Waals surface area contributed by atoms with Gasteiger partial charge in [-0.1, -0.05) is 18.1 Å². The number of anilines is 1. The molecule has 7 heteroatoms. The molecule has 1 aliphatic heterocycles. The lowest BCUT2D eigenvalue weighted by Crippen LogP contribution is -2.44. The second kappa shape index (κ2) is 8.08. The predicted molar refractivity (Wildman–Crippen MR) is 130 cm³/mol. The number of nitrogens with one attached hydrogen (secondary N) is 1. The van der Waals surface area contributed by atoms with E-state index >= 15 is 0 Å². The Hall–Kier alpha value is -4.15. The Morgan fingerprint density at radius 2 is 1.85 bits per heavy atom. The Morgan fingerprint density at radius 3 is 2.76 bits per heavy atom. The molecule has 33 heavy (non-hydrogen) atoms. The van der Waals surface area contributed by atoms with Gasteiger partial charge in [-0.25, -0.2) is 14.5 Å². The van der Waals surface area contributed by atoms with Gasteiger partial charge in [-0.2, -0.15) is 5.10 Å². The number of imidazole rings is 2. The molecule has 1 fully saturated rings. The quantitative estimate of drug-likeness (QED) is 0.432. The minimum Gasteiger partial charge on any atom is -0.369 e. The number of aromatic nitrogens is 5. The van der Waals surface area contributed by atoms with Gasteiger partial charge >= 0.3 is 0 Å². The number of hydrogen-bond donors (Lipinski definition) is 1. The van der Waals surface area contributed by atoms with Crippen molar-refractivity contribution in [2.75, 3.05) is 38.1 Å². The average Bonchev–Trinajstić information content (AvgIpc) is 3.47. The van der Waals surface area contributed by atoms with E-state index in [0.717, 1.165) is 65.5 Å². The number of likely N-dealkylation sites (N-methyl/N-ethyl adjacent to an activating group) is 1. The van der Waals surface area contributed by atoms with Crippen LogP contribution in [0.1, 0.15) is 11.3 Å². The minimum atomic E-state index is 0.760. The highest BCUT2D eigenvalue weighted by Gasteiger charge is 2.15. The maximum absolute atomic E-state index is 4.82. The molecule has 1 N–H and O–H groups in total. The van der Waals surface area contributed by atoms with E-state index in [1.165, 1.54) is 5.69 Å². The molecule has 2 aromatic carbocycles. The summed E-state index contributed by atoms with van der Waals surface area (Å²) in [7, 11) is 2.18. The van der Waals surface area contributed by atoms with Crippen molar-refractivity contribution in [3.63, 3.8) is 0 Å². The highest BCUT2D eigenvalue weighted by molar-refractivity contribution is 5.83. The molecule has 1 aliphatic rings. The summed E-state index contributed by atoms with van der Waals surface area (Å²) in [5.41, 5.74) is 6.73. The molecule has 0 atom stereocenters. The Labute approximate surface area is 191 Å². The van der Waals surface area contributed by atoms with Crippen LogP contribution in [0.3, 0.4) is 0 Å². The molecule has 1 saturated heterocycles. The third kappa shape index (κ3) is 3.81. The number of hydrogen-bond acceptors (Lipinski definition) is 5. The van der Waals surface area contributed by atoms with Gasteiger partial charge in [0.25, 0.3) is 0 Å². The molecule has 0 aliphatic carbocycles. The maximum atomic E-state index is 4.82. The lowest BCUT2D eigenvalue weighted by atomic mass is 10.1. The topological polar surface area (TPSA) is 65.3 Å². The van der Waals surface area contributed by atoms with Gasteiger partial charge in [0.05, 0.1) is 17.2 Å². The van der Waals surface area contributed by atoms with Gasteiger partial charge < -0.3 is 14.8 Å². The fourth-order valence-corrected chi connectivity index (χ4v) is 4.19. The van der Waals surface area contributed by atoms with Crippen molar-refractivity contribution >= 4 is 22.4 Å². The second-order valence-corrected chi connectivity index (χ2v) is 8.35. The van der Waals surface area contributed by atoms with Crippen LogP contribution in [0.5, 0.6) is 0 Å². The zero-order valence-corrected chi connectivity index (χ0v) is 18.4. The van der Waals surface area contributed by atoms with Crippen LogP contribution < -0.4 is 4.90 Å². The largest absolute Gasteiger partial charge is 0.369 e. The van der Waals surface area contributed by atoms with Crippen molar-refractivity contribution in [2.24, 2.45) is 0 Å². The van der Waals surface area contributed by atoms with E-state index in [-0.39, 0.29) is 0 Å². The zero-order chi connectivity index (χ0) is 22.2. The van der Waals surface area contributed by atoms with Crippen LogP contribution in [0.4, 0.5) is 5.69 Å². The Balaban J connectivity index is 1.28. The minimum absolute atomic E-state index is 0.760. The second-order valence-electron chi connectivity index (χ2n) is 8.35. The van der Waals surface area contributed by atoms with Crippen molar-refractivity contribution in [2.45, 2.75) is 0 Å². The molecule has 0 spiro atoms. The summed E-state index contributed by atoms with van der Waals surface area (Å²) in [6.45, 7) is 4.27. The van der Waals surface area contributed by atoms with Gasteiger partial charge in [-0.3, -0.25) is 0 Å². The van der Waals surface area contributed by atoms with E-state index < -0.39 is 0 Å². The Bertz CT molecular complexity index is 1510. The number of piperazine rings is 1. The van der Waals surface area contributed by atoms with Crippen LogP contribution in [0.2, 0.25) is 0 Å². The molecule has 0 amide bonds. The van der Waals surface area contributed by atoms with Crippen LogP contribution in [0.15, 0.2) is 67.0 Å². The number of nitrogens with zero attached hydrogens (tertiary/aromatic N) is 6. The lowest BCUT2D eigenvalue weighted by molar-refractivity contribution is 0.313. The fraction of sp³-hybridized carbons (Fsp3) is 0.192. The molecule has 0 radical (unpaired) electrons. The van der Waals surface area contributed by atoms with Crippen LogP contribution >= 0.6 is 0 Å². The number of aromatic amines is 1. The Morgan fingerprint density at radius 1 is 0.939 bits per heavy atom. The fourth-order valence-electron chi connectivity index (χ4n) is 4.19. The van der Waals surface area contributed by atoms with Crippen molar-refractivity contribution in [3.05, 3.63) is 78.2 Å². The molecule has 0 unspecified atom stereocenters. The summed E-state index contributed by atoms with van der Waals surface area (Å²) < 4.78 is 1.74.